The van der Waals surface area contributed by atoms with Crippen molar-refractivity contribution in [3.05, 3.63) is 0 Å². The number of nitrogens with one attached hydrogen (secondary N) is 1. The van der Waals surface area contributed by atoms with E-state index in [4.69, 9.17) is 4.74 Å². The molecule has 2 atom stereocenters. The maximum Gasteiger partial charge on any atom is 0.0700 e. The van der Waals surface area contributed by atoms with Gasteiger partial charge in [0.1, 0.15) is 0 Å². The zero-order chi connectivity index (χ0) is 11.1. The number of hydrogen-bond acceptors (Lipinski definition) is 3. The summed E-state index contributed by atoms with van der Waals surface area (Å²) in [6.07, 6.45) is 2.82. The zero-order valence-corrected chi connectivity index (χ0v) is 10.5. The zero-order valence-electron chi connectivity index (χ0n) is 10.5. The fourth-order valence-electron chi connectivity index (χ4n) is 2.13. The summed E-state index contributed by atoms with van der Waals surface area (Å²) in [6, 6.07) is 0.585. The maximum atomic E-state index is 5.51. The first kappa shape index (κ1) is 12.9. The second-order valence-corrected chi connectivity index (χ2v) is 4.31. The molecule has 0 aromatic carbocycles. The topological polar surface area (TPSA) is 24.5 Å². The molecule has 1 N–H and O–H groups in total. The van der Waals surface area contributed by atoms with Crippen molar-refractivity contribution in [2.24, 2.45) is 0 Å². The van der Waals surface area contributed by atoms with Crippen molar-refractivity contribution < 1.29 is 4.74 Å². The normalized spacial score (nSPS) is 26.4. The van der Waals surface area contributed by atoms with Gasteiger partial charge in [0, 0.05) is 12.6 Å². The summed E-state index contributed by atoms with van der Waals surface area (Å²) in [7, 11) is 0. The predicted molar refractivity (Wildman–Crippen MR) is 64.2 cm³/mol. The molecule has 0 unspecified atom stereocenters. The van der Waals surface area contributed by atoms with Gasteiger partial charge >= 0.3 is 0 Å². The summed E-state index contributed by atoms with van der Waals surface area (Å²) in [5, 5.41) is 3.58. The van der Waals surface area contributed by atoms with Crippen molar-refractivity contribution in [2.45, 2.75) is 45.8 Å². The van der Waals surface area contributed by atoms with Crippen LogP contribution in [0.4, 0.5) is 0 Å². The minimum absolute atomic E-state index is 0.401. The monoisotopic (exact) mass is 214 g/mol. The molecular weight excluding hydrogens is 188 g/mol. The van der Waals surface area contributed by atoms with E-state index in [0.717, 1.165) is 13.2 Å². The molecule has 15 heavy (non-hydrogen) atoms. The van der Waals surface area contributed by atoms with Crippen LogP contribution in [0.15, 0.2) is 0 Å². The Labute approximate surface area is 94.2 Å². The van der Waals surface area contributed by atoms with E-state index >= 15 is 0 Å². The van der Waals surface area contributed by atoms with Gasteiger partial charge in [0.2, 0.25) is 0 Å². The van der Waals surface area contributed by atoms with Crippen LogP contribution in [-0.2, 0) is 4.74 Å². The quantitative estimate of drug-likeness (QED) is 0.650. The molecule has 0 amide bonds. The average molecular weight is 214 g/mol. The third kappa shape index (κ3) is 4.49. The summed E-state index contributed by atoms with van der Waals surface area (Å²) >= 11 is 0. The highest BCUT2D eigenvalue weighted by Gasteiger charge is 2.22. The van der Waals surface area contributed by atoms with Crippen molar-refractivity contribution in [1.82, 2.24) is 10.2 Å². The van der Waals surface area contributed by atoms with Crippen molar-refractivity contribution >= 4 is 0 Å². The molecule has 0 spiro atoms. The van der Waals surface area contributed by atoms with Crippen molar-refractivity contribution in [3.63, 3.8) is 0 Å². The standard InChI is InChI=1S/C12H26N2O/c1-4-14(5-2)9-6-8-13-12-7-10-15-11(12)3/h11-13H,4-10H2,1-3H3/t11-,12-/m0/s1. The van der Waals surface area contributed by atoms with Crippen LogP contribution < -0.4 is 5.32 Å². The SMILES string of the molecule is CCN(CC)CCCN[C@H]1CCO[C@H]1C. The summed E-state index contributed by atoms with van der Waals surface area (Å²) in [4.78, 5) is 2.47. The van der Waals surface area contributed by atoms with Crippen molar-refractivity contribution in [1.29, 1.82) is 0 Å². The van der Waals surface area contributed by atoms with Crippen molar-refractivity contribution in [3.8, 4) is 0 Å². The fraction of sp³-hybridized carbons (Fsp3) is 1.00. The molecule has 1 heterocycles. The third-order valence-corrected chi connectivity index (χ3v) is 3.33. The molecule has 3 nitrogen and oxygen atoms in total. The predicted octanol–water partition coefficient (Wildman–Crippen LogP) is 1.49. The molecule has 0 aromatic heterocycles. The molecular formula is C12H26N2O. The van der Waals surface area contributed by atoms with E-state index in [0.29, 0.717) is 12.1 Å². The lowest BCUT2D eigenvalue weighted by atomic mass is 10.1. The van der Waals surface area contributed by atoms with Gasteiger partial charge in [-0.1, -0.05) is 13.8 Å². The molecule has 1 aliphatic heterocycles. The average Bonchev–Trinajstić information content (AvgIpc) is 2.65. The summed E-state index contributed by atoms with van der Waals surface area (Å²) in [5.41, 5.74) is 0. The second-order valence-electron chi connectivity index (χ2n) is 4.31. The summed E-state index contributed by atoms with van der Waals surface area (Å²) in [6.45, 7) is 12.2. The highest BCUT2D eigenvalue weighted by Crippen LogP contribution is 2.12. The van der Waals surface area contributed by atoms with Crippen LogP contribution in [0.25, 0.3) is 0 Å². The summed E-state index contributed by atoms with van der Waals surface area (Å²) in [5.74, 6) is 0. The Kier molecular flexibility index (Phi) is 6.22. The van der Waals surface area contributed by atoms with Gasteiger partial charge in [-0.15, -0.1) is 0 Å². The molecule has 0 saturated carbocycles. The minimum atomic E-state index is 0.401. The Hall–Kier alpha value is -0.120. The van der Waals surface area contributed by atoms with Crippen LogP contribution in [0.2, 0.25) is 0 Å². The van der Waals surface area contributed by atoms with E-state index in [1.54, 1.807) is 0 Å². The van der Waals surface area contributed by atoms with E-state index in [1.807, 2.05) is 0 Å². The molecule has 1 saturated heterocycles. The highest BCUT2D eigenvalue weighted by molar-refractivity contribution is 4.78. The maximum absolute atomic E-state index is 5.51. The van der Waals surface area contributed by atoms with E-state index in [-0.39, 0.29) is 0 Å². The number of rotatable bonds is 7. The van der Waals surface area contributed by atoms with Gasteiger partial charge in [-0.05, 0) is 45.9 Å². The second kappa shape index (κ2) is 7.20. The largest absolute Gasteiger partial charge is 0.377 e. The molecule has 0 bridgehead atoms. The molecule has 1 aliphatic rings. The first-order chi connectivity index (χ1) is 7.27. The highest BCUT2D eigenvalue weighted by atomic mass is 16.5. The van der Waals surface area contributed by atoms with Crippen LogP contribution >= 0.6 is 0 Å². The van der Waals surface area contributed by atoms with Crippen LogP contribution in [0.5, 0.6) is 0 Å². The molecule has 1 fully saturated rings. The van der Waals surface area contributed by atoms with Gasteiger partial charge in [0.05, 0.1) is 6.10 Å². The van der Waals surface area contributed by atoms with Gasteiger partial charge in [-0.2, -0.15) is 0 Å². The van der Waals surface area contributed by atoms with Crippen LogP contribution in [0, 0.1) is 0 Å². The Bertz CT molecular complexity index is 160. The molecule has 90 valence electrons. The fourth-order valence-corrected chi connectivity index (χ4v) is 2.13. The van der Waals surface area contributed by atoms with Gasteiger partial charge < -0.3 is 15.0 Å². The Balaban J connectivity index is 2.01. The van der Waals surface area contributed by atoms with Gasteiger partial charge in [-0.3, -0.25) is 0 Å². The number of nitrogens with zero attached hydrogens (tertiary/aromatic N) is 1. The lowest BCUT2D eigenvalue weighted by Gasteiger charge is -2.20. The number of hydrogen-bond donors (Lipinski definition) is 1. The minimum Gasteiger partial charge on any atom is -0.377 e. The first-order valence-electron chi connectivity index (χ1n) is 6.35. The van der Waals surface area contributed by atoms with Gasteiger partial charge in [0.15, 0.2) is 0 Å². The lowest BCUT2D eigenvalue weighted by Crippen LogP contribution is -2.36. The first-order valence-corrected chi connectivity index (χ1v) is 6.35. The smallest absolute Gasteiger partial charge is 0.0700 e. The number of ether oxygens (including phenoxy) is 1. The summed E-state index contributed by atoms with van der Waals surface area (Å²) < 4.78 is 5.51. The van der Waals surface area contributed by atoms with E-state index in [2.05, 4.69) is 31.0 Å². The molecule has 0 aromatic rings. The van der Waals surface area contributed by atoms with Gasteiger partial charge in [0.25, 0.3) is 0 Å². The molecule has 1 rings (SSSR count). The van der Waals surface area contributed by atoms with Crippen LogP contribution in [-0.4, -0.2) is 49.8 Å². The molecule has 3 heteroatoms. The van der Waals surface area contributed by atoms with Crippen LogP contribution in [0.1, 0.15) is 33.6 Å². The van der Waals surface area contributed by atoms with E-state index in [1.165, 1.54) is 32.5 Å². The van der Waals surface area contributed by atoms with E-state index < -0.39 is 0 Å². The third-order valence-electron chi connectivity index (χ3n) is 3.33. The molecule has 0 aliphatic carbocycles. The van der Waals surface area contributed by atoms with Gasteiger partial charge in [-0.25, -0.2) is 0 Å². The molecule has 0 radical (unpaired) electrons. The van der Waals surface area contributed by atoms with Crippen molar-refractivity contribution in [2.75, 3.05) is 32.8 Å². The lowest BCUT2D eigenvalue weighted by molar-refractivity contribution is 0.113. The Morgan fingerprint density at radius 1 is 1.33 bits per heavy atom. The Morgan fingerprint density at radius 3 is 2.60 bits per heavy atom. The van der Waals surface area contributed by atoms with Crippen LogP contribution in [0.3, 0.4) is 0 Å². The van der Waals surface area contributed by atoms with E-state index in [9.17, 15) is 0 Å². The Morgan fingerprint density at radius 2 is 2.07 bits per heavy atom.